The van der Waals surface area contributed by atoms with Gasteiger partial charge in [0, 0.05) is 37.1 Å². The molecule has 0 aromatic carbocycles. The molecule has 6 heteroatoms. The minimum atomic E-state index is 0.00227. The van der Waals surface area contributed by atoms with Gasteiger partial charge in [-0.3, -0.25) is 9.78 Å². The molecule has 1 N–H and O–H groups in total. The van der Waals surface area contributed by atoms with Crippen molar-refractivity contribution in [2.75, 3.05) is 6.54 Å². The standard InChI is InChI=1S/C17H21N5O.C2H6/c1-3-5-11-19-16(23)9-7-12-22-15(4-2)20-17(21-22)14-8-6-10-18-13-14;1-2/h4,6-8,10,12-13H,2-3,5,9,11H2,1H3,(H,19,23);1-2H3/b12-7-;. The summed E-state index contributed by atoms with van der Waals surface area (Å²) in [5.74, 6) is 1.19. The molecule has 0 aliphatic rings. The summed E-state index contributed by atoms with van der Waals surface area (Å²) in [5, 5.41) is 7.26. The van der Waals surface area contributed by atoms with Crippen LogP contribution in [-0.4, -0.2) is 32.2 Å². The van der Waals surface area contributed by atoms with E-state index in [9.17, 15) is 4.79 Å². The van der Waals surface area contributed by atoms with E-state index < -0.39 is 0 Å². The van der Waals surface area contributed by atoms with E-state index >= 15 is 0 Å². The van der Waals surface area contributed by atoms with Gasteiger partial charge in [0.25, 0.3) is 0 Å². The average molecular weight is 341 g/mol. The van der Waals surface area contributed by atoms with Crippen molar-refractivity contribution in [1.29, 1.82) is 0 Å². The molecule has 1 amide bonds. The number of aromatic nitrogens is 4. The van der Waals surface area contributed by atoms with Crippen LogP contribution in [0.3, 0.4) is 0 Å². The van der Waals surface area contributed by atoms with Gasteiger partial charge in [0.15, 0.2) is 11.6 Å². The lowest BCUT2D eigenvalue weighted by molar-refractivity contribution is -0.120. The van der Waals surface area contributed by atoms with Crippen LogP contribution in [-0.2, 0) is 4.79 Å². The summed E-state index contributed by atoms with van der Waals surface area (Å²) in [7, 11) is 0. The van der Waals surface area contributed by atoms with Crippen LogP contribution in [0.5, 0.6) is 0 Å². The van der Waals surface area contributed by atoms with Gasteiger partial charge < -0.3 is 5.32 Å². The van der Waals surface area contributed by atoms with Crippen LogP contribution in [0.15, 0.2) is 37.2 Å². The second kappa shape index (κ2) is 11.7. The first-order chi connectivity index (χ1) is 12.2. The largest absolute Gasteiger partial charge is 0.356 e. The zero-order valence-corrected chi connectivity index (χ0v) is 15.3. The maximum Gasteiger partial charge on any atom is 0.223 e. The topological polar surface area (TPSA) is 72.7 Å². The van der Waals surface area contributed by atoms with Gasteiger partial charge in [0.05, 0.1) is 0 Å². The van der Waals surface area contributed by atoms with Gasteiger partial charge in [-0.25, -0.2) is 9.67 Å². The number of rotatable bonds is 8. The van der Waals surface area contributed by atoms with E-state index in [2.05, 4.69) is 33.9 Å². The van der Waals surface area contributed by atoms with Crippen molar-refractivity contribution in [2.24, 2.45) is 0 Å². The Bertz CT molecular complexity index is 676. The molecule has 134 valence electrons. The lowest BCUT2D eigenvalue weighted by Gasteiger charge is -2.01. The highest BCUT2D eigenvalue weighted by molar-refractivity contribution is 5.77. The Labute approximate surface area is 149 Å². The van der Waals surface area contributed by atoms with Gasteiger partial charge in [-0.15, -0.1) is 5.10 Å². The molecule has 0 unspecified atom stereocenters. The maximum absolute atomic E-state index is 11.7. The second-order valence-corrected chi connectivity index (χ2v) is 4.98. The van der Waals surface area contributed by atoms with Crippen molar-refractivity contribution >= 4 is 18.2 Å². The quantitative estimate of drug-likeness (QED) is 0.742. The molecule has 0 spiro atoms. The lowest BCUT2D eigenvalue weighted by Crippen LogP contribution is -2.23. The Morgan fingerprint density at radius 1 is 1.40 bits per heavy atom. The number of carbonyl (C=O) groups excluding carboxylic acids is 1. The number of unbranched alkanes of at least 4 members (excludes halogenated alkanes) is 1. The number of pyridine rings is 1. The highest BCUT2D eigenvalue weighted by Gasteiger charge is 2.07. The van der Waals surface area contributed by atoms with Gasteiger partial charge >= 0.3 is 0 Å². The van der Waals surface area contributed by atoms with E-state index in [4.69, 9.17) is 0 Å². The van der Waals surface area contributed by atoms with Crippen molar-refractivity contribution in [3.05, 3.63) is 43.0 Å². The molecule has 6 nitrogen and oxygen atoms in total. The number of hydrogen-bond acceptors (Lipinski definition) is 4. The molecule has 2 rings (SSSR count). The monoisotopic (exact) mass is 341 g/mol. The van der Waals surface area contributed by atoms with E-state index in [-0.39, 0.29) is 5.91 Å². The van der Waals surface area contributed by atoms with Crippen molar-refractivity contribution < 1.29 is 4.79 Å². The van der Waals surface area contributed by atoms with Crippen LogP contribution >= 0.6 is 0 Å². The van der Waals surface area contributed by atoms with Crippen molar-refractivity contribution in [3.8, 4) is 11.4 Å². The Hall–Kier alpha value is -2.76. The van der Waals surface area contributed by atoms with E-state index in [1.165, 1.54) is 0 Å². The highest BCUT2D eigenvalue weighted by Crippen LogP contribution is 2.14. The van der Waals surface area contributed by atoms with E-state index in [1.54, 1.807) is 35.4 Å². The smallest absolute Gasteiger partial charge is 0.223 e. The summed E-state index contributed by atoms with van der Waals surface area (Å²) in [6.07, 6.45) is 10.9. The minimum absolute atomic E-state index is 0.00227. The zero-order chi connectivity index (χ0) is 18.5. The molecule has 0 radical (unpaired) electrons. The molecule has 25 heavy (non-hydrogen) atoms. The number of nitrogens with zero attached hydrogens (tertiary/aromatic N) is 4. The summed E-state index contributed by atoms with van der Waals surface area (Å²) in [4.78, 5) is 20.1. The van der Waals surface area contributed by atoms with Gasteiger partial charge in [-0.05, 0) is 24.6 Å². The number of amides is 1. The summed E-state index contributed by atoms with van der Waals surface area (Å²) in [6, 6.07) is 3.73. The van der Waals surface area contributed by atoms with Crippen LogP contribution < -0.4 is 5.32 Å². The SMILES string of the molecule is C=Cc1nc(-c2cccnc2)nn1/C=C\CC(=O)NCCCC.CC. The van der Waals surface area contributed by atoms with Gasteiger partial charge in [-0.1, -0.05) is 39.8 Å². The Morgan fingerprint density at radius 3 is 2.84 bits per heavy atom. The Morgan fingerprint density at radius 2 is 2.20 bits per heavy atom. The number of carbonyl (C=O) groups is 1. The van der Waals surface area contributed by atoms with E-state index in [0.29, 0.717) is 18.1 Å². The molecule has 0 atom stereocenters. The minimum Gasteiger partial charge on any atom is -0.356 e. The molecule has 0 aliphatic carbocycles. The van der Waals surface area contributed by atoms with Crippen molar-refractivity contribution in [3.63, 3.8) is 0 Å². The zero-order valence-electron chi connectivity index (χ0n) is 15.3. The van der Waals surface area contributed by atoms with Crippen LogP contribution in [0.1, 0.15) is 45.9 Å². The molecule has 0 saturated heterocycles. The molecule has 2 aromatic rings. The Balaban J connectivity index is 0.00000151. The lowest BCUT2D eigenvalue weighted by atomic mass is 10.3. The van der Waals surface area contributed by atoms with E-state index in [0.717, 1.165) is 24.9 Å². The third-order valence-electron chi connectivity index (χ3n) is 3.16. The maximum atomic E-state index is 11.7. The van der Waals surface area contributed by atoms with Crippen molar-refractivity contribution in [2.45, 2.75) is 40.0 Å². The molecule has 0 fully saturated rings. The third-order valence-corrected chi connectivity index (χ3v) is 3.16. The van der Waals surface area contributed by atoms with Crippen LogP contribution in [0.2, 0.25) is 0 Å². The first-order valence-corrected chi connectivity index (χ1v) is 8.67. The highest BCUT2D eigenvalue weighted by atomic mass is 16.1. The summed E-state index contributed by atoms with van der Waals surface area (Å²) in [6.45, 7) is 10.5. The predicted molar refractivity (Wildman–Crippen MR) is 103 cm³/mol. The normalized spacial score (nSPS) is 10.2. The molecule has 0 bridgehead atoms. The second-order valence-electron chi connectivity index (χ2n) is 4.98. The van der Waals surface area contributed by atoms with Gasteiger partial charge in [0.2, 0.25) is 5.91 Å². The average Bonchev–Trinajstić information content (AvgIpc) is 3.07. The molecule has 2 heterocycles. The molecule has 0 aliphatic heterocycles. The molecular weight excluding hydrogens is 314 g/mol. The molecular formula is C19H27N5O. The van der Waals surface area contributed by atoms with Crippen molar-refractivity contribution in [1.82, 2.24) is 25.1 Å². The first-order valence-electron chi connectivity index (χ1n) is 8.67. The van der Waals surface area contributed by atoms with Gasteiger partial charge in [0.1, 0.15) is 0 Å². The summed E-state index contributed by atoms with van der Waals surface area (Å²) >= 11 is 0. The fraction of sp³-hybridized carbons (Fsp3) is 0.368. The molecule has 2 aromatic heterocycles. The third kappa shape index (κ3) is 6.71. The first kappa shape index (κ1) is 20.3. The predicted octanol–water partition coefficient (Wildman–Crippen LogP) is 3.79. The molecule has 0 saturated carbocycles. The van der Waals surface area contributed by atoms with Crippen LogP contribution in [0, 0.1) is 0 Å². The van der Waals surface area contributed by atoms with Crippen LogP contribution in [0.25, 0.3) is 23.7 Å². The number of nitrogens with one attached hydrogen (secondary N) is 1. The number of hydrogen-bond donors (Lipinski definition) is 1. The summed E-state index contributed by atoms with van der Waals surface area (Å²) in [5.41, 5.74) is 0.833. The van der Waals surface area contributed by atoms with E-state index in [1.807, 2.05) is 26.0 Å². The Kier molecular flexibility index (Phi) is 9.51. The fourth-order valence-corrected chi connectivity index (χ4v) is 1.94. The van der Waals surface area contributed by atoms with Gasteiger partial charge in [-0.2, -0.15) is 0 Å². The van der Waals surface area contributed by atoms with Crippen LogP contribution in [0.4, 0.5) is 0 Å². The summed E-state index contributed by atoms with van der Waals surface area (Å²) < 4.78 is 1.61. The fourth-order valence-electron chi connectivity index (χ4n) is 1.94.